The van der Waals surface area contributed by atoms with Crippen LogP contribution in [0.15, 0.2) is 12.3 Å². The molecule has 0 aliphatic carbocycles. The molecule has 0 amide bonds. The molecule has 0 aromatic carbocycles. The molecule has 0 spiro atoms. The monoisotopic (exact) mass is 252 g/mol. The third-order valence-corrected chi connectivity index (χ3v) is 2.55. The van der Waals surface area contributed by atoms with Crippen LogP contribution in [0.1, 0.15) is 35.7 Å². The number of anilines is 1. The predicted molar refractivity (Wildman–Crippen MR) is 70.2 cm³/mol. The maximum absolute atomic E-state index is 11.1. The molecule has 0 atom stereocenters. The minimum Gasteiger partial charge on any atom is -0.478 e. The Labute approximate surface area is 107 Å². The van der Waals surface area contributed by atoms with E-state index in [1.54, 1.807) is 19.2 Å². The van der Waals surface area contributed by atoms with Crippen LogP contribution < -0.4 is 5.32 Å². The zero-order chi connectivity index (χ0) is 13.4. The Hall–Kier alpha value is -1.62. The maximum atomic E-state index is 11.1. The third kappa shape index (κ3) is 4.33. The first-order chi connectivity index (χ1) is 8.66. The summed E-state index contributed by atoms with van der Waals surface area (Å²) in [4.78, 5) is 15.2. The van der Waals surface area contributed by atoms with Gasteiger partial charge < -0.3 is 15.2 Å². The number of carboxylic acid groups (broad SMARTS) is 1. The van der Waals surface area contributed by atoms with Gasteiger partial charge >= 0.3 is 5.97 Å². The molecule has 0 radical (unpaired) electrons. The van der Waals surface area contributed by atoms with Crippen molar-refractivity contribution in [1.82, 2.24) is 4.98 Å². The van der Waals surface area contributed by atoms with Gasteiger partial charge in [0.15, 0.2) is 0 Å². The second kappa shape index (κ2) is 7.66. The number of carboxylic acids is 1. The summed E-state index contributed by atoms with van der Waals surface area (Å²) in [5.41, 5.74) is 0.929. The zero-order valence-corrected chi connectivity index (χ0v) is 10.9. The largest absolute Gasteiger partial charge is 0.478 e. The predicted octanol–water partition coefficient (Wildman–Crippen LogP) is 2.32. The van der Waals surface area contributed by atoms with E-state index in [4.69, 9.17) is 9.84 Å². The van der Waals surface area contributed by atoms with Gasteiger partial charge in [0.25, 0.3) is 0 Å². The van der Waals surface area contributed by atoms with Gasteiger partial charge in [0.2, 0.25) is 0 Å². The highest BCUT2D eigenvalue weighted by molar-refractivity contribution is 5.94. The number of nitrogens with one attached hydrogen (secondary N) is 1. The third-order valence-electron chi connectivity index (χ3n) is 2.55. The van der Waals surface area contributed by atoms with Gasteiger partial charge in [0.1, 0.15) is 11.4 Å². The Kier molecular flexibility index (Phi) is 6.14. The van der Waals surface area contributed by atoms with Gasteiger partial charge in [-0.15, -0.1) is 0 Å². The first-order valence-electron chi connectivity index (χ1n) is 6.17. The average molecular weight is 252 g/mol. The molecule has 1 aromatic rings. The van der Waals surface area contributed by atoms with Crippen molar-refractivity contribution < 1.29 is 14.6 Å². The fourth-order valence-corrected chi connectivity index (χ4v) is 1.55. The minimum atomic E-state index is -0.963. The van der Waals surface area contributed by atoms with Crippen LogP contribution in [-0.2, 0) is 4.74 Å². The molecule has 0 aliphatic rings. The quantitative estimate of drug-likeness (QED) is 0.695. The molecule has 0 saturated heterocycles. The van der Waals surface area contributed by atoms with Crippen LogP contribution in [0.4, 0.5) is 5.82 Å². The van der Waals surface area contributed by atoms with Crippen LogP contribution in [0.3, 0.4) is 0 Å². The number of unbranched alkanes of at least 4 members (excludes halogenated alkanes) is 1. The molecule has 0 saturated carbocycles. The summed E-state index contributed by atoms with van der Waals surface area (Å²) in [5.74, 6) is -0.559. The van der Waals surface area contributed by atoms with Gasteiger partial charge in [-0.05, 0) is 25.0 Å². The summed E-state index contributed by atoms with van der Waals surface area (Å²) < 4.78 is 5.39. The first kappa shape index (κ1) is 14.4. The van der Waals surface area contributed by atoms with E-state index in [2.05, 4.69) is 17.2 Å². The van der Waals surface area contributed by atoms with Crippen molar-refractivity contribution in [2.45, 2.75) is 26.7 Å². The fourth-order valence-electron chi connectivity index (χ4n) is 1.55. The molecule has 100 valence electrons. The lowest BCUT2D eigenvalue weighted by Gasteiger charge is -2.10. The average Bonchev–Trinajstić information content (AvgIpc) is 2.33. The van der Waals surface area contributed by atoms with Gasteiger partial charge in [0, 0.05) is 19.3 Å². The smallest absolute Gasteiger partial charge is 0.339 e. The van der Waals surface area contributed by atoms with Crippen LogP contribution in [0.25, 0.3) is 0 Å². The summed E-state index contributed by atoms with van der Waals surface area (Å²) in [5, 5.41) is 12.1. The molecular formula is C13H20N2O3. The fraction of sp³-hybridized carbons (Fsp3) is 0.538. The van der Waals surface area contributed by atoms with E-state index in [9.17, 15) is 4.79 Å². The number of hydrogen-bond donors (Lipinski definition) is 2. The Morgan fingerprint density at radius 3 is 2.94 bits per heavy atom. The minimum absolute atomic E-state index is 0.228. The van der Waals surface area contributed by atoms with Crippen molar-refractivity contribution in [3.63, 3.8) is 0 Å². The molecule has 0 aliphatic heterocycles. The second-order valence-electron chi connectivity index (χ2n) is 4.05. The highest BCUT2D eigenvalue weighted by Gasteiger charge is 2.13. The standard InChI is InChI=1S/C13H20N2O3/c1-3-4-8-18-9-7-15-12-11(13(16)17)10(2)5-6-14-12/h5-6H,3-4,7-9H2,1-2H3,(H,14,15)(H,16,17). The Bertz CT molecular complexity index is 394. The van der Waals surface area contributed by atoms with Gasteiger partial charge in [-0.3, -0.25) is 0 Å². The van der Waals surface area contributed by atoms with Crippen LogP contribution in [0.5, 0.6) is 0 Å². The Morgan fingerprint density at radius 1 is 1.50 bits per heavy atom. The number of carbonyl (C=O) groups is 1. The van der Waals surface area contributed by atoms with E-state index in [1.165, 1.54) is 0 Å². The summed E-state index contributed by atoms with van der Waals surface area (Å²) in [6.45, 7) is 5.71. The lowest BCUT2D eigenvalue weighted by atomic mass is 10.1. The highest BCUT2D eigenvalue weighted by Crippen LogP contribution is 2.16. The van der Waals surface area contributed by atoms with Gasteiger partial charge in [-0.2, -0.15) is 0 Å². The van der Waals surface area contributed by atoms with Crippen molar-refractivity contribution in [3.8, 4) is 0 Å². The van der Waals surface area contributed by atoms with Crippen LogP contribution in [0, 0.1) is 6.92 Å². The molecule has 0 fully saturated rings. The van der Waals surface area contributed by atoms with Crippen LogP contribution in [0.2, 0.25) is 0 Å². The van der Waals surface area contributed by atoms with E-state index in [1.807, 2.05) is 0 Å². The number of aryl methyl sites for hydroxylation is 1. The molecule has 1 rings (SSSR count). The normalized spacial score (nSPS) is 10.3. The summed E-state index contributed by atoms with van der Waals surface area (Å²) in [6, 6.07) is 1.69. The highest BCUT2D eigenvalue weighted by atomic mass is 16.5. The van der Waals surface area contributed by atoms with E-state index in [0.29, 0.717) is 24.5 Å². The van der Waals surface area contributed by atoms with Crippen molar-refractivity contribution in [2.24, 2.45) is 0 Å². The van der Waals surface area contributed by atoms with E-state index in [-0.39, 0.29) is 5.56 Å². The van der Waals surface area contributed by atoms with Crippen molar-refractivity contribution in [3.05, 3.63) is 23.4 Å². The Balaban J connectivity index is 2.47. The molecule has 5 nitrogen and oxygen atoms in total. The molecule has 2 N–H and O–H groups in total. The summed E-state index contributed by atoms with van der Waals surface area (Å²) in [7, 11) is 0. The SMILES string of the molecule is CCCCOCCNc1nccc(C)c1C(=O)O. The number of ether oxygens (including phenoxy) is 1. The number of aromatic carboxylic acids is 1. The second-order valence-corrected chi connectivity index (χ2v) is 4.05. The number of hydrogen-bond acceptors (Lipinski definition) is 4. The van der Waals surface area contributed by atoms with Gasteiger partial charge in [-0.1, -0.05) is 13.3 Å². The van der Waals surface area contributed by atoms with Crippen LogP contribution >= 0.6 is 0 Å². The Morgan fingerprint density at radius 2 is 2.28 bits per heavy atom. The zero-order valence-electron chi connectivity index (χ0n) is 10.9. The molecule has 0 unspecified atom stereocenters. The number of pyridine rings is 1. The molecular weight excluding hydrogens is 232 g/mol. The van der Waals surface area contributed by atoms with Crippen molar-refractivity contribution in [1.29, 1.82) is 0 Å². The van der Waals surface area contributed by atoms with Gasteiger partial charge in [-0.25, -0.2) is 9.78 Å². The molecule has 1 aromatic heterocycles. The van der Waals surface area contributed by atoms with Gasteiger partial charge in [0.05, 0.1) is 6.61 Å². The van der Waals surface area contributed by atoms with E-state index in [0.717, 1.165) is 19.4 Å². The first-order valence-corrected chi connectivity index (χ1v) is 6.17. The topological polar surface area (TPSA) is 71.5 Å². The van der Waals surface area contributed by atoms with Crippen molar-refractivity contribution in [2.75, 3.05) is 25.1 Å². The molecule has 1 heterocycles. The molecule has 5 heteroatoms. The number of rotatable bonds is 8. The lowest BCUT2D eigenvalue weighted by molar-refractivity contribution is 0.0696. The molecule has 0 bridgehead atoms. The van der Waals surface area contributed by atoms with Crippen molar-refractivity contribution >= 4 is 11.8 Å². The summed E-state index contributed by atoms with van der Waals surface area (Å²) in [6.07, 6.45) is 3.75. The van der Waals surface area contributed by atoms with Crippen LogP contribution in [-0.4, -0.2) is 35.8 Å². The van der Waals surface area contributed by atoms with E-state index >= 15 is 0 Å². The number of aromatic nitrogens is 1. The molecule has 18 heavy (non-hydrogen) atoms. The maximum Gasteiger partial charge on any atom is 0.339 e. The van der Waals surface area contributed by atoms with E-state index < -0.39 is 5.97 Å². The lowest BCUT2D eigenvalue weighted by Crippen LogP contribution is -2.14. The summed E-state index contributed by atoms with van der Waals surface area (Å²) >= 11 is 0. The number of nitrogens with zero attached hydrogens (tertiary/aromatic N) is 1.